The highest BCUT2D eigenvalue weighted by atomic mass is 79.9. The Labute approximate surface area is 134 Å². The number of halogens is 4. The minimum Gasteiger partial charge on any atom is -0.232 e. The van der Waals surface area contributed by atoms with Gasteiger partial charge < -0.3 is 0 Å². The van der Waals surface area contributed by atoms with E-state index >= 15 is 0 Å². The molecule has 2 heterocycles. The molecular formula is C14H15BrClF2N3. The van der Waals surface area contributed by atoms with Crippen molar-refractivity contribution in [3.8, 4) is 0 Å². The Bertz CT molecular complexity index is 666. The molecule has 0 atom stereocenters. The summed E-state index contributed by atoms with van der Waals surface area (Å²) in [5.41, 5.74) is 1.43. The molecule has 0 spiro atoms. The lowest BCUT2D eigenvalue weighted by Gasteiger charge is -2.25. The summed E-state index contributed by atoms with van der Waals surface area (Å²) in [5.74, 6) is 0.215. The first kappa shape index (κ1) is 15.2. The third-order valence-electron chi connectivity index (χ3n) is 4.04. The highest BCUT2D eigenvalue weighted by molar-refractivity contribution is 9.09. The van der Waals surface area contributed by atoms with E-state index in [1.807, 2.05) is 0 Å². The molecule has 3 nitrogen and oxygen atoms in total. The fourth-order valence-corrected chi connectivity index (χ4v) is 3.54. The van der Waals surface area contributed by atoms with Crippen molar-refractivity contribution >= 4 is 33.2 Å². The summed E-state index contributed by atoms with van der Waals surface area (Å²) in [6.45, 7) is 1.70. The largest absolute Gasteiger partial charge is 0.280 e. The first-order chi connectivity index (χ1) is 9.97. The Hall–Kier alpha value is -0.750. The maximum atomic E-state index is 13.3. The maximum absolute atomic E-state index is 13.3. The van der Waals surface area contributed by atoms with Crippen molar-refractivity contribution in [3.05, 3.63) is 28.2 Å². The molecule has 0 aromatic carbocycles. The van der Waals surface area contributed by atoms with E-state index in [9.17, 15) is 8.78 Å². The molecule has 0 amide bonds. The molecule has 0 aliphatic heterocycles. The van der Waals surface area contributed by atoms with Crippen LogP contribution in [0.15, 0.2) is 6.07 Å². The van der Waals surface area contributed by atoms with Gasteiger partial charge in [0.15, 0.2) is 5.65 Å². The fourth-order valence-electron chi connectivity index (χ4n) is 2.85. The molecule has 3 rings (SSSR count). The van der Waals surface area contributed by atoms with Crippen molar-refractivity contribution in [3.63, 3.8) is 0 Å². The summed E-state index contributed by atoms with van der Waals surface area (Å²) in [5, 5.41) is 4.42. The third kappa shape index (κ3) is 2.80. The van der Waals surface area contributed by atoms with Crippen LogP contribution in [0.2, 0.25) is 5.02 Å². The molecule has 0 radical (unpaired) electrons. The lowest BCUT2D eigenvalue weighted by Crippen LogP contribution is -2.15. The Morgan fingerprint density at radius 3 is 2.62 bits per heavy atom. The zero-order valence-corrected chi connectivity index (χ0v) is 13.8. The van der Waals surface area contributed by atoms with Crippen LogP contribution in [0.5, 0.6) is 0 Å². The molecule has 1 saturated carbocycles. The van der Waals surface area contributed by atoms with E-state index in [2.05, 4.69) is 26.0 Å². The Balaban J connectivity index is 2.09. The number of rotatable bonds is 2. The first-order valence-electron chi connectivity index (χ1n) is 6.95. The Kier molecular flexibility index (Phi) is 4.19. The van der Waals surface area contributed by atoms with Crippen molar-refractivity contribution in [2.24, 2.45) is 0 Å². The summed E-state index contributed by atoms with van der Waals surface area (Å²) in [6, 6.07) is 1.49. The van der Waals surface area contributed by atoms with Gasteiger partial charge in [-0.3, -0.25) is 0 Å². The van der Waals surface area contributed by atoms with Crippen molar-refractivity contribution in [1.82, 2.24) is 14.6 Å². The molecule has 1 aliphatic rings. The molecule has 7 heteroatoms. The summed E-state index contributed by atoms with van der Waals surface area (Å²) in [6.07, 6.45) is 1.37. The molecule has 21 heavy (non-hydrogen) atoms. The molecular weight excluding hydrogens is 364 g/mol. The van der Waals surface area contributed by atoms with Crippen LogP contribution in [0.25, 0.3) is 5.65 Å². The zero-order chi connectivity index (χ0) is 15.1. The highest BCUT2D eigenvalue weighted by Gasteiger charge is 2.25. The van der Waals surface area contributed by atoms with E-state index in [4.69, 9.17) is 11.6 Å². The molecule has 2 aromatic rings. The van der Waals surface area contributed by atoms with E-state index < -0.39 is 6.43 Å². The average Bonchev–Trinajstić information content (AvgIpc) is 2.74. The van der Waals surface area contributed by atoms with Crippen LogP contribution in [0, 0.1) is 6.92 Å². The Morgan fingerprint density at radius 2 is 2.00 bits per heavy atom. The van der Waals surface area contributed by atoms with Gasteiger partial charge in [0.1, 0.15) is 10.7 Å². The van der Waals surface area contributed by atoms with Gasteiger partial charge in [0, 0.05) is 16.4 Å². The number of aryl methyl sites for hydroxylation is 1. The van der Waals surface area contributed by atoms with E-state index in [0.29, 0.717) is 26.9 Å². The molecule has 2 aromatic heterocycles. The predicted molar refractivity (Wildman–Crippen MR) is 81.6 cm³/mol. The number of nitrogens with zero attached hydrogens (tertiary/aromatic N) is 3. The van der Waals surface area contributed by atoms with E-state index in [1.165, 1.54) is 10.6 Å². The number of alkyl halides is 3. The SMILES string of the molecule is Cc1nn2c(C(F)F)cc(C3CCC(Br)CC3)nc2c1Cl. The van der Waals surface area contributed by atoms with E-state index in [0.717, 1.165) is 25.7 Å². The van der Waals surface area contributed by atoms with Crippen LogP contribution in [0.3, 0.4) is 0 Å². The van der Waals surface area contributed by atoms with Crippen molar-refractivity contribution in [2.45, 2.75) is 49.8 Å². The van der Waals surface area contributed by atoms with Gasteiger partial charge in [0.2, 0.25) is 0 Å². The van der Waals surface area contributed by atoms with Gasteiger partial charge in [0.25, 0.3) is 6.43 Å². The molecule has 0 unspecified atom stereocenters. The lowest BCUT2D eigenvalue weighted by molar-refractivity contribution is 0.142. The topological polar surface area (TPSA) is 30.2 Å². The van der Waals surface area contributed by atoms with Crippen LogP contribution in [0.1, 0.15) is 55.1 Å². The third-order valence-corrected chi connectivity index (χ3v) is 5.40. The molecule has 0 N–H and O–H groups in total. The number of fused-ring (bicyclic) bond motifs is 1. The maximum Gasteiger partial charge on any atom is 0.280 e. The molecule has 0 bridgehead atoms. The zero-order valence-electron chi connectivity index (χ0n) is 11.5. The van der Waals surface area contributed by atoms with Crippen LogP contribution in [-0.4, -0.2) is 19.4 Å². The predicted octanol–water partition coefficient (Wildman–Crippen LogP) is 5.05. The van der Waals surface area contributed by atoms with Gasteiger partial charge >= 0.3 is 0 Å². The minimum absolute atomic E-state index is 0.133. The quantitative estimate of drug-likeness (QED) is 0.685. The van der Waals surface area contributed by atoms with E-state index in [-0.39, 0.29) is 11.6 Å². The van der Waals surface area contributed by atoms with Gasteiger partial charge in [0.05, 0.1) is 5.69 Å². The van der Waals surface area contributed by atoms with Crippen LogP contribution in [0.4, 0.5) is 8.78 Å². The average molecular weight is 379 g/mol. The van der Waals surface area contributed by atoms with Crippen LogP contribution >= 0.6 is 27.5 Å². The standard InChI is InChI=1S/C14H15BrClF2N3/c1-7-12(16)14-19-10(8-2-4-9(15)5-3-8)6-11(13(17)18)21(14)20-7/h6,8-9,13H,2-5H2,1H3. The number of hydrogen-bond donors (Lipinski definition) is 0. The van der Waals surface area contributed by atoms with Crippen LogP contribution in [-0.2, 0) is 0 Å². The van der Waals surface area contributed by atoms with Gasteiger partial charge in [-0.2, -0.15) is 5.10 Å². The summed E-state index contributed by atoms with van der Waals surface area (Å²) in [4.78, 5) is 5.03. The van der Waals surface area contributed by atoms with Crippen LogP contribution < -0.4 is 0 Å². The Morgan fingerprint density at radius 1 is 1.33 bits per heavy atom. The summed E-state index contributed by atoms with van der Waals surface area (Å²) in [7, 11) is 0. The first-order valence-corrected chi connectivity index (χ1v) is 8.24. The van der Waals surface area contributed by atoms with Crippen molar-refractivity contribution in [2.75, 3.05) is 0 Å². The fraction of sp³-hybridized carbons (Fsp3) is 0.571. The number of hydrogen-bond acceptors (Lipinski definition) is 2. The van der Waals surface area contributed by atoms with Gasteiger partial charge in [-0.15, -0.1) is 0 Å². The second kappa shape index (κ2) is 5.80. The highest BCUT2D eigenvalue weighted by Crippen LogP contribution is 2.37. The normalized spacial score (nSPS) is 23.1. The minimum atomic E-state index is -2.60. The monoisotopic (exact) mass is 377 g/mol. The second-order valence-electron chi connectivity index (χ2n) is 5.49. The van der Waals surface area contributed by atoms with Crippen molar-refractivity contribution < 1.29 is 8.78 Å². The molecule has 1 fully saturated rings. The molecule has 1 aliphatic carbocycles. The summed E-state index contributed by atoms with van der Waals surface area (Å²) < 4.78 is 27.8. The van der Waals surface area contributed by atoms with Gasteiger partial charge in [-0.25, -0.2) is 18.3 Å². The second-order valence-corrected chi connectivity index (χ2v) is 7.16. The van der Waals surface area contributed by atoms with Gasteiger partial charge in [-0.1, -0.05) is 27.5 Å². The van der Waals surface area contributed by atoms with Gasteiger partial charge in [-0.05, 0) is 38.7 Å². The lowest BCUT2D eigenvalue weighted by atomic mass is 9.86. The number of aromatic nitrogens is 3. The van der Waals surface area contributed by atoms with Crippen molar-refractivity contribution in [1.29, 1.82) is 0 Å². The smallest absolute Gasteiger partial charge is 0.232 e. The summed E-state index contributed by atoms with van der Waals surface area (Å²) >= 11 is 9.76. The molecule has 0 saturated heterocycles. The molecule has 114 valence electrons. The van der Waals surface area contributed by atoms with E-state index in [1.54, 1.807) is 6.92 Å².